The van der Waals surface area contributed by atoms with Gasteiger partial charge in [0.05, 0.1) is 4.88 Å². The van der Waals surface area contributed by atoms with Gasteiger partial charge in [0, 0.05) is 24.2 Å². The van der Waals surface area contributed by atoms with Crippen LogP contribution in [0.3, 0.4) is 0 Å². The van der Waals surface area contributed by atoms with Crippen LogP contribution in [-0.4, -0.2) is 4.98 Å². The van der Waals surface area contributed by atoms with Gasteiger partial charge in [0.1, 0.15) is 17.4 Å². The highest BCUT2D eigenvalue weighted by molar-refractivity contribution is 7.15. The number of rotatable bonds is 8. The summed E-state index contributed by atoms with van der Waals surface area (Å²) in [6.07, 6.45) is 1.95. The van der Waals surface area contributed by atoms with Crippen LogP contribution in [0.1, 0.15) is 15.4 Å². The Morgan fingerprint density at radius 1 is 0.889 bits per heavy atom. The van der Waals surface area contributed by atoms with E-state index in [2.05, 4.69) is 52.1 Å². The molecule has 3 nitrogen and oxygen atoms in total. The third kappa shape index (κ3) is 5.04. The average Bonchev–Trinajstić information content (AvgIpc) is 3.40. The Bertz CT molecular complexity index is 948. The second-order valence-corrected chi connectivity index (χ2v) is 8.25. The first-order valence-corrected chi connectivity index (χ1v) is 10.5. The first kappa shape index (κ1) is 17.9. The Balaban J connectivity index is 1.31. The van der Waals surface area contributed by atoms with Crippen molar-refractivity contribution in [2.75, 3.05) is 0 Å². The summed E-state index contributed by atoms with van der Waals surface area (Å²) in [5.41, 5.74) is 2.34. The fourth-order valence-electron chi connectivity index (χ4n) is 2.69. The van der Waals surface area contributed by atoms with Crippen LogP contribution in [0.25, 0.3) is 10.4 Å². The van der Waals surface area contributed by atoms with Gasteiger partial charge in [-0.3, -0.25) is 0 Å². The molecule has 0 saturated heterocycles. The zero-order chi connectivity index (χ0) is 18.3. The van der Waals surface area contributed by atoms with E-state index in [-0.39, 0.29) is 0 Å². The average molecular weight is 393 g/mol. The molecule has 0 spiro atoms. The molecule has 4 rings (SSSR count). The predicted octanol–water partition coefficient (Wildman–Crippen LogP) is 5.74. The number of nitrogens with zero attached hydrogens (tertiary/aromatic N) is 1. The summed E-state index contributed by atoms with van der Waals surface area (Å²) >= 11 is 3.50. The zero-order valence-electron chi connectivity index (χ0n) is 14.8. The maximum atomic E-state index is 5.86. The van der Waals surface area contributed by atoms with E-state index in [9.17, 15) is 0 Å². The number of hydrogen-bond acceptors (Lipinski definition) is 5. The Labute approximate surface area is 167 Å². The maximum absolute atomic E-state index is 5.86. The van der Waals surface area contributed by atoms with E-state index in [0.29, 0.717) is 6.61 Å². The molecule has 27 heavy (non-hydrogen) atoms. The van der Waals surface area contributed by atoms with Crippen LogP contribution in [0.15, 0.2) is 78.3 Å². The molecular formula is C22H20N2OS2. The molecule has 2 heterocycles. The van der Waals surface area contributed by atoms with Gasteiger partial charge in [0.25, 0.3) is 0 Å². The van der Waals surface area contributed by atoms with Gasteiger partial charge in [-0.05, 0) is 46.8 Å². The van der Waals surface area contributed by atoms with Crippen molar-refractivity contribution in [2.45, 2.75) is 19.7 Å². The molecule has 0 aliphatic carbocycles. The number of nitrogens with one attached hydrogen (secondary N) is 1. The summed E-state index contributed by atoms with van der Waals surface area (Å²) in [7, 11) is 0. The lowest BCUT2D eigenvalue weighted by Crippen LogP contribution is -2.11. The van der Waals surface area contributed by atoms with Crippen molar-refractivity contribution in [1.29, 1.82) is 0 Å². The number of thiazole rings is 1. The van der Waals surface area contributed by atoms with Crippen LogP contribution in [-0.2, 0) is 19.7 Å². The van der Waals surface area contributed by atoms with Crippen LogP contribution in [0.2, 0.25) is 0 Å². The molecule has 0 radical (unpaired) electrons. The molecule has 4 aromatic rings. The van der Waals surface area contributed by atoms with Gasteiger partial charge in [-0.2, -0.15) is 0 Å². The molecule has 0 saturated carbocycles. The minimum Gasteiger partial charge on any atom is -0.489 e. The fraction of sp³-hybridized carbons (Fsp3) is 0.136. The van der Waals surface area contributed by atoms with Crippen LogP contribution in [0, 0.1) is 0 Å². The van der Waals surface area contributed by atoms with Crippen molar-refractivity contribution < 1.29 is 4.74 Å². The minimum atomic E-state index is 0.584. The number of ether oxygens (including phenoxy) is 1. The summed E-state index contributed by atoms with van der Waals surface area (Å²) in [5.74, 6) is 0.880. The van der Waals surface area contributed by atoms with Crippen molar-refractivity contribution in [2.24, 2.45) is 0 Å². The summed E-state index contributed by atoms with van der Waals surface area (Å²) < 4.78 is 5.86. The lowest BCUT2D eigenvalue weighted by atomic mass is 10.2. The lowest BCUT2D eigenvalue weighted by Gasteiger charge is -2.06. The third-order valence-corrected chi connectivity index (χ3v) is 6.02. The third-order valence-electron chi connectivity index (χ3n) is 4.10. The van der Waals surface area contributed by atoms with E-state index in [1.165, 1.54) is 20.9 Å². The van der Waals surface area contributed by atoms with E-state index < -0.39 is 0 Å². The van der Waals surface area contributed by atoms with Crippen molar-refractivity contribution in [3.8, 4) is 16.2 Å². The van der Waals surface area contributed by atoms with E-state index in [1.807, 2.05) is 36.5 Å². The van der Waals surface area contributed by atoms with E-state index in [1.54, 1.807) is 22.7 Å². The number of hydrogen-bond donors (Lipinski definition) is 1. The van der Waals surface area contributed by atoms with Crippen molar-refractivity contribution in [1.82, 2.24) is 10.3 Å². The van der Waals surface area contributed by atoms with Crippen molar-refractivity contribution >= 4 is 22.7 Å². The van der Waals surface area contributed by atoms with Gasteiger partial charge < -0.3 is 10.1 Å². The molecule has 136 valence electrons. The zero-order valence-corrected chi connectivity index (χ0v) is 16.4. The van der Waals surface area contributed by atoms with E-state index in [0.717, 1.165) is 23.8 Å². The molecule has 2 aromatic carbocycles. The predicted molar refractivity (Wildman–Crippen MR) is 113 cm³/mol. The highest BCUT2D eigenvalue weighted by Crippen LogP contribution is 2.28. The fourth-order valence-corrected chi connectivity index (χ4v) is 4.25. The van der Waals surface area contributed by atoms with E-state index in [4.69, 9.17) is 4.74 Å². The Hall–Kier alpha value is -2.47. The Morgan fingerprint density at radius 3 is 2.52 bits per heavy atom. The molecule has 0 atom stereocenters. The van der Waals surface area contributed by atoms with Crippen molar-refractivity contribution in [3.05, 3.63) is 93.8 Å². The molecular weight excluding hydrogens is 372 g/mol. The van der Waals surface area contributed by atoms with Crippen molar-refractivity contribution in [3.63, 3.8) is 0 Å². The number of thiophene rings is 1. The van der Waals surface area contributed by atoms with Crippen LogP contribution in [0.5, 0.6) is 5.75 Å². The summed E-state index contributed by atoms with van der Waals surface area (Å²) in [6.45, 7) is 2.27. The first-order valence-electron chi connectivity index (χ1n) is 8.82. The minimum absolute atomic E-state index is 0.584. The van der Waals surface area contributed by atoms with Crippen LogP contribution in [0.4, 0.5) is 0 Å². The topological polar surface area (TPSA) is 34.1 Å². The molecule has 0 aliphatic heterocycles. The highest BCUT2D eigenvalue weighted by Gasteiger charge is 2.05. The lowest BCUT2D eigenvalue weighted by molar-refractivity contribution is 0.306. The molecule has 0 fully saturated rings. The Morgan fingerprint density at radius 2 is 1.74 bits per heavy atom. The first-order chi connectivity index (χ1) is 13.4. The monoisotopic (exact) mass is 392 g/mol. The number of aromatic nitrogens is 1. The summed E-state index contributed by atoms with van der Waals surface area (Å²) in [5, 5.41) is 6.65. The molecule has 0 amide bonds. The molecule has 1 N–H and O–H groups in total. The molecule has 2 aromatic heterocycles. The van der Waals surface area contributed by atoms with Gasteiger partial charge >= 0.3 is 0 Å². The standard InChI is InChI=1S/C22H20N2OS2/c1-2-5-17(6-3-1)16-25-19-10-8-18(9-11-19)21-14-24-22(27-21)15-23-13-20-7-4-12-26-20/h1-12,14,23H,13,15-16H2. The van der Waals surface area contributed by atoms with Gasteiger partial charge in [0.2, 0.25) is 0 Å². The quantitative estimate of drug-likeness (QED) is 0.415. The van der Waals surface area contributed by atoms with Crippen LogP contribution < -0.4 is 10.1 Å². The second-order valence-electron chi connectivity index (χ2n) is 6.10. The second kappa shape index (κ2) is 8.95. The Kier molecular flexibility index (Phi) is 5.94. The van der Waals surface area contributed by atoms with Gasteiger partial charge in [-0.15, -0.1) is 22.7 Å². The van der Waals surface area contributed by atoms with Crippen LogP contribution >= 0.6 is 22.7 Å². The number of benzene rings is 2. The van der Waals surface area contributed by atoms with Gasteiger partial charge in [-0.25, -0.2) is 4.98 Å². The molecule has 0 aliphatic rings. The summed E-state index contributed by atoms with van der Waals surface area (Å²) in [6, 6.07) is 22.7. The van der Waals surface area contributed by atoms with Gasteiger partial charge in [0.15, 0.2) is 0 Å². The molecule has 5 heteroatoms. The largest absolute Gasteiger partial charge is 0.489 e. The normalized spacial score (nSPS) is 10.8. The SMILES string of the molecule is c1ccc(COc2ccc(-c3cnc(CNCc4cccs4)s3)cc2)cc1. The maximum Gasteiger partial charge on any atom is 0.119 e. The van der Waals surface area contributed by atoms with E-state index >= 15 is 0 Å². The summed E-state index contributed by atoms with van der Waals surface area (Å²) in [4.78, 5) is 7.06. The molecule has 0 bridgehead atoms. The smallest absolute Gasteiger partial charge is 0.119 e. The molecule has 0 unspecified atom stereocenters. The highest BCUT2D eigenvalue weighted by atomic mass is 32.1. The van der Waals surface area contributed by atoms with Gasteiger partial charge in [-0.1, -0.05) is 36.4 Å².